The molecule has 0 aromatic heterocycles. The van der Waals surface area contributed by atoms with Gasteiger partial charge >= 0.3 is 5.97 Å². The summed E-state index contributed by atoms with van der Waals surface area (Å²) in [4.78, 5) is 22.5. The molecule has 0 heterocycles. The molecule has 0 bridgehead atoms. The number of esters is 1. The average Bonchev–Trinajstić information content (AvgIpc) is 2.23. The van der Waals surface area contributed by atoms with Crippen LogP contribution in [0.1, 0.15) is 26.2 Å². The first-order chi connectivity index (χ1) is 7.15. The summed E-state index contributed by atoms with van der Waals surface area (Å²) in [6.45, 7) is 1.98. The van der Waals surface area contributed by atoms with E-state index in [1.807, 2.05) is 6.92 Å². The zero-order valence-corrected chi connectivity index (χ0v) is 9.54. The van der Waals surface area contributed by atoms with Crippen LogP contribution < -0.4 is 5.32 Å². The number of carbonyl (C=O) groups is 2. The van der Waals surface area contributed by atoms with Gasteiger partial charge in [-0.1, -0.05) is 19.8 Å². The zero-order chi connectivity index (χ0) is 11.7. The second kappa shape index (κ2) is 8.23. The Balaban J connectivity index is 4.11. The minimum Gasteiger partial charge on any atom is -0.467 e. The highest BCUT2D eigenvalue weighted by atomic mass is 16.5. The lowest BCUT2D eigenvalue weighted by molar-refractivity contribution is -0.145. The molecule has 5 heteroatoms. The van der Waals surface area contributed by atoms with Crippen LogP contribution in [-0.4, -0.2) is 38.7 Å². The Labute approximate surface area is 90.1 Å². The molecule has 15 heavy (non-hydrogen) atoms. The van der Waals surface area contributed by atoms with E-state index in [-0.39, 0.29) is 12.5 Å². The summed E-state index contributed by atoms with van der Waals surface area (Å²) in [6, 6.07) is -0.558. The second-order valence-electron chi connectivity index (χ2n) is 3.22. The van der Waals surface area contributed by atoms with Crippen molar-refractivity contribution in [2.24, 2.45) is 0 Å². The summed E-state index contributed by atoms with van der Waals surface area (Å²) in [5.74, 6) is -0.711. The van der Waals surface area contributed by atoms with Crippen LogP contribution in [0.25, 0.3) is 0 Å². The highest BCUT2D eigenvalue weighted by molar-refractivity contribution is 5.84. The molecule has 0 saturated heterocycles. The number of rotatable bonds is 7. The Morgan fingerprint density at radius 1 is 1.33 bits per heavy atom. The SMILES string of the molecule is CCCC[C@H](NC(=O)COC)C(=O)OC. The van der Waals surface area contributed by atoms with Crippen LogP contribution in [0.5, 0.6) is 0 Å². The van der Waals surface area contributed by atoms with Crippen LogP contribution in [-0.2, 0) is 19.1 Å². The molecular weight excluding hydrogens is 198 g/mol. The molecule has 1 N–H and O–H groups in total. The maximum absolute atomic E-state index is 11.3. The number of unbranched alkanes of at least 4 members (excludes halogenated alkanes) is 1. The van der Waals surface area contributed by atoms with Gasteiger partial charge in [-0.2, -0.15) is 0 Å². The average molecular weight is 217 g/mol. The van der Waals surface area contributed by atoms with E-state index < -0.39 is 12.0 Å². The largest absolute Gasteiger partial charge is 0.467 e. The number of carbonyl (C=O) groups excluding carboxylic acids is 2. The molecule has 88 valence electrons. The van der Waals surface area contributed by atoms with Gasteiger partial charge in [0.1, 0.15) is 12.6 Å². The second-order valence-corrected chi connectivity index (χ2v) is 3.22. The third-order valence-electron chi connectivity index (χ3n) is 1.94. The fourth-order valence-corrected chi connectivity index (χ4v) is 1.17. The van der Waals surface area contributed by atoms with Gasteiger partial charge in [-0.15, -0.1) is 0 Å². The van der Waals surface area contributed by atoms with Crippen LogP contribution >= 0.6 is 0 Å². The van der Waals surface area contributed by atoms with E-state index in [9.17, 15) is 9.59 Å². The van der Waals surface area contributed by atoms with Crippen molar-refractivity contribution < 1.29 is 19.1 Å². The smallest absolute Gasteiger partial charge is 0.328 e. The number of ether oxygens (including phenoxy) is 2. The van der Waals surface area contributed by atoms with E-state index in [2.05, 4.69) is 14.8 Å². The molecule has 1 amide bonds. The summed E-state index contributed by atoms with van der Waals surface area (Å²) in [7, 11) is 2.74. The van der Waals surface area contributed by atoms with E-state index >= 15 is 0 Å². The van der Waals surface area contributed by atoms with Crippen LogP contribution in [0, 0.1) is 0 Å². The molecule has 0 spiro atoms. The maximum Gasteiger partial charge on any atom is 0.328 e. The van der Waals surface area contributed by atoms with Crippen molar-refractivity contribution >= 4 is 11.9 Å². The molecule has 0 fully saturated rings. The molecular formula is C10H19NO4. The Bertz CT molecular complexity index is 206. The van der Waals surface area contributed by atoms with Crippen molar-refractivity contribution in [2.75, 3.05) is 20.8 Å². The van der Waals surface area contributed by atoms with Crippen molar-refractivity contribution in [1.29, 1.82) is 0 Å². The zero-order valence-electron chi connectivity index (χ0n) is 9.54. The van der Waals surface area contributed by atoms with Crippen LogP contribution in [0.4, 0.5) is 0 Å². The number of amides is 1. The fourth-order valence-electron chi connectivity index (χ4n) is 1.17. The predicted octanol–water partition coefficient (Wildman–Crippen LogP) is 0.481. The van der Waals surface area contributed by atoms with Gasteiger partial charge in [0.05, 0.1) is 7.11 Å². The van der Waals surface area contributed by atoms with Crippen LogP contribution in [0.15, 0.2) is 0 Å². The van der Waals surface area contributed by atoms with Gasteiger partial charge in [0.25, 0.3) is 0 Å². The fraction of sp³-hybridized carbons (Fsp3) is 0.800. The highest BCUT2D eigenvalue weighted by Crippen LogP contribution is 2.02. The summed E-state index contributed by atoms with van der Waals surface area (Å²) >= 11 is 0. The van der Waals surface area contributed by atoms with E-state index in [0.717, 1.165) is 12.8 Å². The maximum atomic E-state index is 11.3. The molecule has 0 aliphatic rings. The van der Waals surface area contributed by atoms with E-state index in [1.165, 1.54) is 14.2 Å². The molecule has 0 radical (unpaired) electrons. The van der Waals surface area contributed by atoms with Crippen molar-refractivity contribution in [1.82, 2.24) is 5.32 Å². The van der Waals surface area contributed by atoms with Gasteiger partial charge in [0.15, 0.2) is 0 Å². The number of hydrogen-bond donors (Lipinski definition) is 1. The molecule has 0 saturated carbocycles. The molecule has 0 aliphatic carbocycles. The first-order valence-electron chi connectivity index (χ1n) is 5.01. The third kappa shape index (κ3) is 6.06. The quantitative estimate of drug-likeness (QED) is 0.630. The van der Waals surface area contributed by atoms with Gasteiger partial charge in [-0.3, -0.25) is 4.79 Å². The first-order valence-corrected chi connectivity index (χ1v) is 5.01. The lowest BCUT2D eigenvalue weighted by Gasteiger charge is -2.15. The van der Waals surface area contributed by atoms with Gasteiger partial charge in [-0.25, -0.2) is 4.79 Å². The molecule has 1 atom stereocenters. The van der Waals surface area contributed by atoms with Crippen molar-refractivity contribution in [3.63, 3.8) is 0 Å². The highest BCUT2D eigenvalue weighted by Gasteiger charge is 2.20. The minimum atomic E-state index is -0.558. The minimum absolute atomic E-state index is 0.0420. The number of nitrogens with one attached hydrogen (secondary N) is 1. The topological polar surface area (TPSA) is 64.6 Å². The van der Waals surface area contributed by atoms with E-state index in [0.29, 0.717) is 6.42 Å². The molecule has 0 rings (SSSR count). The molecule has 5 nitrogen and oxygen atoms in total. The number of hydrogen-bond acceptors (Lipinski definition) is 4. The van der Waals surface area contributed by atoms with Gasteiger partial charge < -0.3 is 14.8 Å². The first kappa shape index (κ1) is 13.9. The molecule has 0 aliphatic heterocycles. The van der Waals surface area contributed by atoms with E-state index in [4.69, 9.17) is 0 Å². The third-order valence-corrected chi connectivity index (χ3v) is 1.94. The van der Waals surface area contributed by atoms with Gasteiger partial charge in [-0.05, 0) is 6.42 Å². The van der Waals surface area contributed by atoms with Crippen LogP contribution in [0.3, 0.4) is 0 Å². The Morgan fingerprint density at radius 2 is 2.00 bits per heavy atom. The van der Waals surface area contributed by atoms with Crippen molar-refractivity contribution in [3.05, 3.63) is 0 Å². The lowest BCUT2D eigenvalue weighted by atomic mass is 10.1. The van der Waals surface area contributed by atoms with Crippen molar-refractivity contribution in [2.45, 2.75) is 32.2 Å². The summed E-state index contributed by atoms with van der Waals surface area (Å²) in [5.41, 5.74) is 0. The summed E-state index contributed by atoms with van der Waals surface area (Å²) < 4.78 is 9.25. The lowest BCUT2D eigenvalue weighted by Crippen LogP contribution is -2.42. The molecule has 0 aromatic rings. The standard InChI is InChI=1S/C10H19NO4/c1-4-5-6-8(10(13)15-3)11-9(12)7-14-2/h8H,4-7H2,1-3H3,(H,11,12)/t8-/m0/s1. The molecule has 0 unspecified atom stereocenters. The summed E-state index contributed by atoms with van der Waals surface area (Å²) in [6.07, 6.45) is 2.43. The Morgan fingerprint density at radius 3 is 2.47 bits per heavy atom. The van der Waals surface area contributed by atoms with Crippen LogP contribution in [0.2, 0.25) is 0 Å². The van der Waals surface area contributed by atoms with Gasteiger partial charge in [0.2, 0.25) is 5.91 Å². The predicted molar refractivity (Wildman–Crippen MR) is 55.3 cm³/mol. The monoisotopic (exact) mass is 217 g/mol. The van der Waals surface area contributed by atoms with Gasteiger partial charge in [0, 0.05) is 7.11 Å². The Hall–Kier alpha value is -1.10. The van der Waals surface area contributed by atoms with E-state index in [1.54, 1.807) is 0 Å². The summed E-state index contributed by atoms with van der Waals surface area (Å²) in [5, 5.41) is 2.56. The Kier molecular flexibility index (Phi) is 7.62. The number of methoxy groups -OCH3 is 2. The molecule has 0 aromatic carbocycles. The normalized spacial score (nSPS) is 11.9. The van der Waals surface area contributed by atoms with Crippen molar-refractivity contribution in [3.8, 4) is 0 Å².